The van der Waals surface area contributed by atoms with Crippen LogP contribution >= 0.6 is 11.3 Å². The summed E-state index contributed by atoms with van der Waals surface area (Å²) in [5.41, 5.74) is 3.47. The zero-order valence-corrected chi connectivity index (χ0v) is 20.2. The zero-order chi connectivity index (χ0) is 23.0. The molecule has 0 unspecified atom stereocenters. The molecule has 2 aliphatic rings. The number of nitrogens with zero attached hydrogens (tertiary/aromatic N) is 3. The van der Waals surface area contributed by atoms with Crippen LogP contribution in [0.4, 0.5) is 5.69 Å². The second-order valence-corrected chi connectivity index (χ2v) is 11.3. The lowest BCUT2D eigenvalue weighted by molar-refractivity contribution is 0.0628. The molecule has 0 bridgehead atoms. The average molecular weight is 482 g/mol. The third-order valence-electron chi connectivity index (χ3n) is 6.43. The summed E-state index contributed by atoms with van der Waals surface area (Å²) in [6.07, 6.45) is 0.684. The fraction of sp³-hybridized carbons (Fsp3) is 0.320. The summed E-state index contributed by atoms with van der Waals surface area (Å²) < 4.78 is 28.6. The normalized spacial score (nSPS) is 19.0. The van der Waals surface area contributed by atoms with Gasteiger partial charge in [-0.1, -0.05) is 24.3 Å². The van der Waals surface area contributed by atoms with Gasteiger partial charge in [-0.3, -0.25) is 14.0 Å². The number of hydrogen-bond donors (Lipinski definition) is 0. The van der Waals surface area contributed by atoms with Crippen LogP contribution < -0.4 is 4.31 Å². The highest BCUT2D eigenvalue weighted by atomic mass is 32.2. The van der Waals surface area contributed by atoms with Gasteiger partial charge in [-0.05, 0) is 65.6 Å². The molecule has 172 valence electrons. The molecule has 1 aromatic heterocycles. The number of benzene rings is 2. The number of hydrogen-bond acceptors (Lipinski definition) is 5. The molecule has 1 amide bonds. The number of thiophene rings is 1. The third kappa shape index (κ3) is 4.30. The number of fused-ring (bicyclic) bond motifs is 1. The zero-order valence-electron chi connectivity index (χ0n) is 18.6. The molecule has 2 aliphatic heterocycles. The predicted molar refractivity (Wildman–Crippen MR) is 131 cm³/mol. The smallest absolute Gasteiger partial charge is 0.264 e. The van der Waals surface area contributed by atoms with E-state index in [1.807, 2.05) is 36.1 Å². The number of rotatable bonds is 5. The highest BCUT2D eigenvalue weighted by molar-refractivity contribution is 7.92. The van der Waals surface area contributed by atoms with Gasteiger partial charge in [-0.2, -0.15) is 11.3 Å². The van der Waals surface area contributed by atoms with E-state index in [0.29, 0.717) is 25.1 Å². The number of piperazine rings is 1. The van der Waals surface area contributed by atoms with Gasteiger partial charge in [0.15, 0.2) is 0 Å². The van der Waals surface area contributed by atoms with Crippen molar-refractivity contribution in [3.63, 3.8) is 0 Å². The van der Waals surface area contributed by atoms with Crippen LogP contribution in [0.1, 0.15) is 28.4 Å². The maximum atomic E-state index is 13.5. The lowest BCUT2D eigenvalue weighted by Crippen LogP contribution is -2.48. The Bertz CT molecular complexity index is 1250. The first-order valence-corrected chi connectivity index (χ1v) is 13.6. The fourth-order valence-electron chi connectivity index (χ4n) is 4.74. The minimum absolute atomic E-state index is 0.114. The van der Waals surface area contributed by atoms with Gasteiger partial charge in [0.1, 0.15) is 0 Å². The van der Waals surface area contributed by atoms with Crippen molar-refractivity contribution in [2.75, 3.05) is 30.5 Å². The molecule has 3 aromatic rings. The summed E-state index contributed by atoms with van der Waals surface area (Å²) >= 11 is 1.70. The van der Waals surface area contributed by atoms with Crippen LogP contribution in [0.5, 0.6) is 0 Å². The van der Waals surface area contributed by atoms with Crippen LogP contribution in [-0.4, -0.2) is 56.3 Å². The Balaban J connectivity index is 1.32. The van der Waals surface area contributed by atoms with Gasteiger partial charge in [-0.15, -0.1) is 0 Å². The van der Waals surface area contributed by atoms with Crippen molar-refractivity contribution in [2.24, 2.45) is 0 Å². The maximum absolute atomic E-state index is 13.5. The Hall–Kier alpha value is -2.68. The molecule has 0 spiro atoms. The van der Waals surface area contributed by atoms with Crippen LogP contribution in [0.2, 0.25) is 0 Å². The molecule has 33 heavy (non-hydrogen) atoms. The molecule has 8 heteroatoms. The van der Waals surface area contributed by atoms with Crippen molar-refractivity contribution in [1.29, 1.82) is 0 Å². The van der Waals surface area contributed by atoms with E-state index >= 15 is 0 Å². The van der Waals surface area contributed by atoms with Gasteiger partial charge in [0, 0.05) is 44.3 Å². The summed E-state index contributed by atoms with van der Waals surface area (Å²) in [5, 5.41) is 4.24. The molecule has 6 nitrogen and oxygen atoms in total. The first-order chi connectivity index (χ1) is 15.9. The van der Waals surface area contributed by atoms with E-state index in [1.165, 1.54) is 15.9 Å². The minimum Gasteiger partial charge on any atom is -0.336 e. The van der Waals surface area contributed by atoms with E-state index in [4.69, 9.17) is 0 Å². The third-order valence-corrected chi connectivity index (χ3v) is 9.08. The lowest BCUT2D eigenvalue weighted by atomic mass is 10.1. The van der Waals surface area contributed by atoms with E-state index in [-0.39, 0.29) is 16.8 Å². The van der Waals surface area contributed by atoms with Crippen molar-refractivity contribution >= 4 is 33.0 Å². The highest BCUT2D eigenvalue weighted by Crippen LogP contribution is 2.36. The number of anilines is 1. The van der Waals surface area contributed by atoms with Gasteiger partial charge in [-0.25, -0.2) is 8.42 Å². The molecule has 0 N–H and O–H groups in total. The quantitative estimate of drug-likeness (QED) is 0.556. The molecule has 1 fully saturated rings. The minimum atomic E-state index is -3.77. The number of para-hydroxylation sites is 1. The summed E-state index contributed by atoms with van der Waals surface area (Å²) in [4.78, 5) is 17.5. The Morgan fingerprint density at radius 3 is 2.58 bits per heavy atom. The average Bonchev–Trinajstić information content (AvgIpc) is 3.46. The van der Waals surface area contributed by atoms with Gasteiger partial charge >= 0.3 is 0 Å². The van der Waals surface area contributed by atoms with Crippen molar-refractivity contribution in [3.8, 4) is 0 Å². The molecule has 3 heterocycles. The van der Waals surface area contributed by atoms with E-state index in [0.717, 1.165) is 30.9 Å². The first kappa shape index (κ1) is 22.1. The summed E-state index contributed by atoms with van der Waals surface area (Å²) in [6, 6.07) is 16.1. The van der Waals surface area contributed by atoms with Crippen molar-refractivity contribution in [1.82, 2.24) is 9.80 Å². The maximum Gasteiger partial charge on any atom is 0.264 e. The standard InChI is InChI=1S/C25H27N3O3S2/c1-19-15-21-5-2-3-8-24(21)28(19)33(30,31)23-7-4-6-22(16-23)25(29)27-12-10-26(11-13-27)17-20-9-14-32-18-20/h2-9,14,16,18-19H,10-13,15,17H2,1H3/t19-/m0/s1. The second kappa shape index (κ2) is 8.93. The van der Waals surface area contributed by atoms with E-state index in [1.54, 1.807) is 29.5 Å². The summed E-state index contributed by atoms with van der Waals surface area (Å²) in [5.74, 6) is -0.114. The lowest BCUT2D eigenvalue weighted by Gasteiger charge is -2.34. The molecule has 2 aromatic carbocycles. The molecular formula is C25H27N3O3S2. The Kier molecular flexibility index (Phi) is 5.99. The van der Waals surface area contributed by atoms with Gasteiger partial charge < -0.3 is 4.90 Å². The number of amides is 1. The molecule has 0 aliphatic carbocycles. The van der Waals surface area contributed by atoms with Crippen molar-refractivity contribution in [2.45, 2.75) is 30.8 Å². The number of carbonyl (C=O) groups is 1. The Labute approximate surface area is 199 Å². The predicted octanol–water partition coefficient (Wildman–Crippen LogP) is 3.85. The molecule has 0 saturated carbocycles. The fourth-order valence-corrected chi connectivity index (χ4v) is 7.14. The molecule has 5 rings (SSSR count). The Morgan fingerprint density at radius 2 is 1.82 bits per heavy atom. The van der Waals surface area contributed by atoms with Crippen LogP contribution in [-0.2, 0) is 23.0 Å². The SMILES string of the molecule is C[C@H]1Cc2ccccc2N1S(=O)(=O)c1cccc(C(=O)N2CCN(Cc3ccsc3)CC2)c1. The van der Waals surface area contributed by atoms with Crippen LogP contribution in [0.15, 0.2) is 70.3 Å². The monoisotopic (exact) mass is 481 g/mol. The van der Waals surface area contributed by atoms with Crippen molar-refractivity contribution < 1.29 is 13.2 Å². The first-order valence-electron chi connectivity index (χ1n) is 11.2. The molecule has 0 radical (unpaired) electrons. The Morgan fingerprint density at radius 1 is 1.03 bits per heavy atom. The van der Waals surface area contributed by atoms with Gasteiger partial charge in [0.05, 0.1) is 10.6 Å². The summed E-state index contributed by atoms with van der Waals surface area (Å²) in [7, 11) is -3.77. The molecule has 1 atom stereocenters. The topological polar surface area (TPSA) is 60.9 Å². The molecule has 1 saturated heterocycles. The van der Waals surface area contributed by atoms with E-state index < -0.39 is 10.0 Å². The number of carbonyl (C=O) groups excluding carboxylic acids is 1. The largest absolute Gasteiger partial charge is 0.336 e. The van der Waals surface area contributed by atoms with E-state index in [9.17, 15) is 13.2 Å². The summed E-state index contributed by atoms with van der Waals surface area (Å²) in [6.45, 7) is 5.70. The van der Waals surface area contributed by atoms with Crippen molar-refractivity contribution in [3.05, 3.63) is 82.0 Å². The van der Waals surface area contributed by atoms with Crippen LogP contribution in [0, 0.1) is 0 Å². The van der Waals surface area contributed by atoms with E-state index in [2.05, 4.69) is 21.7 Å². The van der Waals surface area contributed by atoms with Gasteiger partial charge in [0.2, 0.25) is 0 Å². The van der Waals surface area contributed by atoms with Crippen LogP contribution in [0.3, 0.4) is 0 Å². The highest BCUT2D eigenvalue weighted by Gasteiger charge is 2.36. The van der Waals surface area contributed by atoms with Crippen LogP contribution in [0.25, 0.3) is 0 Å². The second-order valence-electron chi connectivity index (χ2n) is 8.71. The number of sulfonamides is 1. The molecular weight excluding hydrogens is 454 g/mol. The van der Waals surface area contributed by atoms with Gasteiger partial charge in [0.25, 0.3) is 15.9 Å².